The van der Waals surface area contributed by atoms with Gasteiger partial charge in [0.15, 0.2) is 0 Å². The molecule has 2 aromatic carbocycles. The van der Waals surface area contributed by atoms with Gasteiger partial charge >= 0.3 is 0 Å². The van der Waals surface area contributed by atoms with Crippen molar-refractivity contribution in [2.24, 2.45) is 4.99 Å². The molecule has 108 valence electrons. The van der Waals surface area contributed by atoms with Crippen molar-refractivity contribution in [2.45, 2.75) is 19.3 Å². The van der Waals surface area contributed by atoms with Crippen molar-refractivity contribution in [3.8, 4) is 0 Å². The van der Waals surface area contributed by atoms with Crippen molar-refractivity contribution in [1.82, 2.24) is 0 Å². The van der Waals surface area contributed by atoms with Crippen LogP contribution in [0.2, 0.25) is 0 Å². The van der Waals surface area contributed by atoms with E-state index in [4.69, 9.17) is 4.99 Å². The fraction of sp³-hybridized carbons (Fsp3) is 0.190. The second-order valence-corrected chi connectivity index (χ2v) is 6.07. The minimum atomic E-state index is 0.773. The van der Waals surface area contributed by atoms with Gasteiger partial charge in [0.2, 0.25) is 0 Å². The van der Waals surface area contributed by atoms with Gasteiger partial charge in [0.25, 0.3) is 0 Å². The molecule has 1 heterocycles. The fourth-order valence-electron chi connectivity index (χ4n) is 3.34. The van der Waals surface area contributed by atoms with Crippen LogP contribution in [0, 0.1) is 0 Å². The molecule has 0 radical (unpaired) electrons. The summed E-state index contributed by atoms with van der Waals surface area (Å²) in [6.07, 6.45) is 5.76. The SMILES string of the molecule is C=C1CCCc2ccc(C3=CC(c4ccccc4)=NC3)cc21. The Morgan fingerprint density at radius 2 is 1.77 bits per heavy atom. The van der Waals surface area contributed by atoms with Crippen molar-refractivity contribution < 1.29 is 0 Å². The normalized spacial score (nSPS) is 17.0. The quantitative estimate of drug-likeness (QED) is 0.742. The third-order valence-corrected chi connectivity index (χ3v) is 4.59. The standard InChI is InChI=1S/C21H19N/c1-15-6-5-9-16-10-11-18(12-20(15)16)19-13-21(22-14-19)17-7-3-2-4-8-17/h2-4,7-8,10-13H,1,5-6,9,14H2. The predicted molar refractivity (Wildman–Crippen MR) is 94.2 cm³/mol. The highest BCUT2D eigenvalue weighted by molar-refractivity contribution is 6.14. The molecule has 0 fully saturated rings. The lowest BCUT2D eigenvalue weighted by Crippen LogP contribution is -2.02. The molecule has 2 aromatic rings. The monoisotopic (exact) mass is 285 g/mol. The van der Waals surface area contributed by atoms with Crippen molar-refractivity contribution in [2.75, 3.05) is 6.54 Å². The van der Waals surface area contributed by atoms with Gasteiger partial charge in [-0.15, -0.1) is 0 Å². The Morgan fingerprint density at radius 3 is 2.64 bits per heavy atom. The number of benzene rings is 2. The van der Waals surface area contributed by atoms with E-state index in [0.29, 0.717) is 0 Å². The van der Waals surface area contributed by atoms with E-state index in [9.17, 15) is 0 Å². The highest BCUT2D eigenvalue weighted by Gasteiger charge is 2.16. The van der Waals surface area contributed by atoms with Crippen LogP contribution in [0.15, 0.2) is 66.2 Å². The van der Waals surface area contributed by atoms with Crippen molar-refractivity contribution in [3.05, 3.63) is 83.4 Å². The molecule has 1 aliphatic carbocycles. The van der Waals surface area contributed by atoms with Gasteiger partial charge in [0.05, 0.1) is 12.3 Å². The van der Waals surface area contributed by atoms with Gasteiger partial charge in [-0.25, -0.2) is 0 Å². The summed E-state index contributed by atoms with van der Waals surface area (Å²) >= 11 is 0. The first-order valence-corrected chi connectivity index (χ1v) is 7.93. The largest absolute Gasteiger partial charge is 0.280 e. The zero-order chi connectivity index (χ0) is 14.9. The number of rotatable bonds is 2. The second-order valence-electron chi connectivity index (χ2n) is 6.07. The Labute approximate surface area is 131 Å². The molecule has 0 N–H and O–H groups in total. The Hall–Kier alpha value is -2.41. The van der Waals surface area contributed by atoms with E-state index in [1.54, 1.807) is 0 Å². The van der Waals surface area contributed by atoms with E-state index >= 15 is 0 Å². The Morgan fingerprint density at radius 1 is 0.909 bits per heavy atom. The van der Waals surface area contributed by atoms with Gasteiger partial charge in [-0.05, 0) is 64.8 Å². The summed E-state index contributed by atoms with van der Waals surface area (Å²) in [5.41, 5.74) is 8.97. The third-order valence-electron chi connectivity index (χ3n) is 4.59. The lowest BCUT2D eigenvalue weighted by molar-refractivity contribution is 0.823. The molecule has 0 unspecified atom stereocenters. The summed E-state index contributed by atoms with van der Waals surface area (Å²) < 4.78 is 0. The first-order valence-electron chi connectivity index (χ1n) is 7.93. The maximum absolute atomic E-state index is 4.70. The van der Waals surface area contributed by atoms with Crippen LogP contribution in [-0.2, 0) is 6.42 Å². The third kappa shape index (κ3) is 2.33. The second kappa shape index (κ2) is 5.42. The van der Waals surface area contributed by atoms with Gasteiger partial charge in [-0.3, -0.25) is 4.99 Å². The van der Waals surface area contributed by atoms with E-state index in [-0.39, 0.29) is 0 Å². The topological polar surface area (TPSA) is 12.4 Å². The smallest absolute Gasteiger partial charge is 0.0654 e. The molecule has 0 atom stereocenters. The van der Waals surface area contributed by atoms with E-state index in [1.807, 2.05) is 6.07 Å². The lowest BCUT2D eigenvalue weighted by atomic mass is 9.86. The van der Waals surface area contributed by atoms with Crippen molar-refractivity contribution in [3.63, 3.8) is 0 Å². The van der Waals surface area contributed by atoms with Gasteiger partial charge in [-0.1, -0.05) is 49.0 Å². The van der Waals surface area contributed by atoms with Crippen LogP contribution in [0.4, 0.5) is 0 Å². The molecule has 0 amide bonds. The van der Waals surface area contributed by atoms with Crippen molar-refractivity contribution >= 4 is 16.9 Å². The van der Waals surface area contributed by atoms with E-state index < -0.39 is 0 Å². The van der Waals surface area contributed by atoms with Gasteiger partial charge < -0.3 is 0 Å². The molecule has 2 aliphatic rings. The molecule has 1 nitrogen and oxygen atoms in total. The van der Waals surface area contributed by atoms with Crippen LogP contribution in [-0.4, -0.2) is 12.3 Å². The Kier molecular flexibility index (Phi) is 3.27. The number of aliphatic imine (C=N–C) groups is 1. The molecule has 0 bridgehead atoms. The average molecular weight is 285 g/mol. The molecule has 0 spiro atoms. The number of fused-ring (bicyclic) bond motifs is 1. The summed E-state index contributed by atoms with van der Waals surface area (Å²) in [5, 5.41) is 0. The molecule has 4 rings (SSSR count). The summed E-state index contributed by atoms with van der Waals surface area (Å²) in [6.45, 7) is 5.01. The molecule has 22 heavy (non-hydrogen) atoms. The summed E-state index contributed by atoms with van der Waals surface area (Å²) in [6, 6.07) is 17.2. The van der Waals surface area contributed by atoms with E-state index in [2.05, 4.69) is 55.1 Å². The number of hydrogen-bond acceptors (Lipinski definition) is 1. The first-order chi connectivity index (χ1) is 10.8. The van der Waals surface area contributed by atoms with Crippen LogP contribution < -0.4 is 0 Å². The zero-order valence-electron chi connectivity index (χ0n) is 12.7. The minimum Gasteiger partial charge on any atom is -0.280 e. The molecule has 0 saturated carbocycles. The molecule has 1 heteroatoms. The number of allylic oxidation sites excluding steroid dienone is 2. The maximum atomic E-state index is 4.70. The summed E-state index contributed by atoms with van der Waals surface area (Å²) in [5.74, 6) is 0. The summed E-state index contributed by atoms with van der Waals surface area (Å²) in [4.78, 5) is 4.70. The lowest BCUT2D eigenvalue weighted by Gasteiger charge is -2.19. The molecular weight excluding hydrogens is 266 g/mol. The zero-order valence-corrected chi connectivity index (χ0v) is 12.7. The Bertz CT molecular complexity index is 794. The van der Waals surface area contributed by atoms with Crippen LogP contribution in [0.5, 0.6) is 0 Å². The van der Waals surface area contributed by atoms with Gasteiger partial charge in [0.1, 0.15) is 0 Å². The van der Waals surface area contributed by atoms with Crippen molar-refractivity contribution in [1.29, 1.82) is 0 Å². The van der Waals surface area contributed by atoms with Crippen LogP contribution in [0.25, 0.3) is 11.1 Å². The maximum Gasteiger partial charge on any atom is 0.0654 e. The first kappa shape index (κ1) is 13.3. The fourth-order valence-corrected chi connectivity index (χ4v) is 3.34. The van der Waals surface area contributed by atoms with E-state index in [0.717, 1.165) is 18.7 Å². The van der Waals surface area contributed by atoms with Crippen LogP contribution in [0.3, 0.4) is 0 Å². The number of hydrogen-bond donors (Lipinski definition) is 0. The highest BCUT2D eigenvalue weighted by Crippen LogP contribution is 2.32. The Balaban J connectivity index is 1.67. The summed E-state index contributed by atoms with van der Waals surface area (Å²) in [7, 11) is 0. The average Bonchev–Trinajstić information content (AvgIpc) is 3.06. The number of nitrogens with zero attached hydrogens (tertiary/aromatic N) is 1. The van der Waals surface area contributed by atoms with Gasteiger partial charge in [-0.2, -0.15) is 0 Å². The molecule has 0 saturated heterocycles. The minimum absolute atomic E-state index is 0.773. The van der Waals surface area contributed by atoms with Gasteiger partial charge in [0, 0.05) is 0 Å². The predicted octanol–water partition coefficient (Wildman–Crippen LogP) is 4.92. The molecule has 1 aliphatic heterocycles. The number of aryl methyl sites for hydroxylation is 1. The van der Waals surface area contributed by atoms with Crippen LogP contribution in [0.1, 0.15) is 35.1 Å². The van der Waals surface area contributed by atoms with E-state index in [1.165, 1.54) is 46.2 Å². The highest BCUT2D eigenvalue weighted by atomic mass is 14.8. The molecular formula is C21H19N. The van der Waals surface area contributed by atoms with Crippen LogP contribution >= 0.6 is 0 Å². The molecule has 0 aromatic heterocycles.